The van der Waals surface area contributed by atoms with E-state index < -0.39 is 0 Å². The number of guanidine groups is 1. The average Bonchev–Trinajstić information content (AvgIpc) is 2.75. The molecule has 0 aliphatic carbocycles. The standard InChI is InChI=1S/C24H35N5/c1-3-25-24(26-14-13-21-7-5-4-6-8-21)27-19-22-9-11-23(12-10-22)20-29-17-15-28(2)16-18-29/h4-12H,3,13-20H2,1-2H3,(H2,25,26,27). The average molecular weight is 394 g/mol. The molecule has 0 aromatic heterocycles. The summed E-state index contributed by atoms with van der Waals surface area (Å²) in [6.07, 6.45) is 0.992. The van der Waals surface area contributed by atoms with Gasteiger partial charge in [0.05, 0.1) is 6.54 Å². The summed E-state index contributed by atoms with van der Waals surface area (Å²) in [5.41, 5.74) is 3.97. The molecular formula is C24H35N5. The highest BCUT2D eigenvalue weighted by atomic mass is 15.2. The molecule has 0 unspecified atom stereocenters. The first-order valence-corrected chi connectivity index (χ1v) is 10.8. The minimum Gasteiger partial charge on any atom is -0.357 e. The van der Waals surface area contributed by atoms with Crippen molar-refractivity contribution in [3.05, 3.63) is 71.3 Å². The number of hydrogen-bond acceptors (Lipinski definition) is 3. The molecule has 1 heterocycles. The lowest BCUT2D eigenvalue weighted by atomic mass is 10.1. The van der Waals surface area contributed by atoms with Crippen molar-refractivity contribution in [1.82, 2.24) is 20.4 Å². The first kappa shape index (κ1) is 21.3. The van der Waals surface area contributed by atoms with Gasteiger partial charge in [-0.05, 0) is 37.1 Å². The van der Waals surface area contributed by atoms with E-state index >= 15 is 0 Å². The molecule has 29 heavy (non-hydrogen) atoms. The largest absolute Gasteiger partial charge is 0.357 e. The van der Waals surface area contributed by atoms with E-state index in [4.69, 9.17) is 4.99 Å². The van der Waals surface area contributed by atoms with Crippen LogP contribution in [0.3, 0.4) is 0 Å². The van der Waals surface area contributed by atoms with Crippen molar-refractivity contribution >= 4 is 5.96 Å². The first-order chi connectivity index (χ1) is 14.2. The number of hydrogen-bond donors (Lipinski definition) is 2. The second kappa shape index (κ2) is 11.6. The van der Waals surface area contributed by atoms with E-state index in [0.717, 1.165) is 58.2 Å². The highest BCUT2D eigenvalue weighted by Gasteiger charge is 2.13. The molecule has 0 atom stereocenters. The molecule has 0 radical (unpaired) electrons. The molecule has 2 aromatic carbocycles. The van der Waals surface area contributed by atoms with Gasteiger partial charge in [0.2, 0.25) is 0 Å². The van der Waals surface area contributed by atoms with Gasteiger partial charge < -0.3 is 15.5 Å². The van der Waals surface area contributed by atoms with Gasteiger partial charge in [-0.25, -0.2) is 4.99 Å². The van der Waals surface area contributed by atoms with Gasteiger partial charge in [0, 0.05) is 45.8 Å². The molecule has 1 fully saturated rings. The van der Waals surface area contributed by atoms with Gasteiger partial charge >= 0.3 is 0 Å². The van der Waals surface area contributed by atoms with Crippen molar-refractivity contribution in [1.29, 1.82) is 0 Å². The number of benzene rings is 2. The predicted octanol–water partition coefficient (Wildman–Crippen LogP) is 2.73. The zero-order valence-electron chi connectivity index (χ0n) is 17.9. The topological polar surface area (TPSA) is 42.9 Å². The highest BCUT2D eigenvalue weighted by molar-refractivity contribution is 5.79. The Kier molecular flexibility index (Phi) is 8.53. The molecule has 2 N–H and O–H groups in total. The molecule has 1 aliphatic heterocycles. The van der Waals surface area contributed by atoms with Crippen molar-refractivity contribution in [2.24, 2.45) is 4.99 Å². The van der Waals surface area contributed by atoms with Crippen LogP contribution >= 0.6 is 0 Å². The van der Waals surface area contributed by atoms with E-state index in [1.807, 2.05) is 0 Å². The number of rotatable bonds is 8. The maximum atomic E-state index is 4.75. The van der Waals surface area contributed by atoms with E-state index in [1.165, 1.54) is 16.7 Å². The second-order valence-electron chi connectivity index (χ2n) is 7.75. The van der Waals surface area contributed by atoms with E-state index in [1.54, 1.807) is 0 Å². The normalized spacial score (nSPS) is 16.0. The summed E-state index contributed by atoms with van der Waals surface area (Å²) >= 11 is 0. The van der Waals surface area contributed by atoms with Crippen LogP contribution in [-0.4, -0.2) is 62.1 Å². The van der Waals surface area contributed by atoms with Crippen LogP contribution in [0.1, 0.15) is 23.6 Å². The van der Waals surface area contributed by atoms with Gasteiger partial charge in [-0.3, -0.25) is 4.90 Å². The van der Waals surface area contributed by atoms with Crippen LogP contribution in [0.4, 0.5) is 0 Å². The number of piperazine rings is 1. The Labute approximate surface area is 175 Å². The Morgan fingerprint density at radius 3 is 2.24 bits per heavy atom. The third kappa shape index (κ3) is 7.52. The smallest absolute Gasteiger partial charge is 0.191 e. The zero-order valence-corrected chi connectivity index (χ0v) is 17.9. The summed E-state index contributed by atoms with van der Waals surface area (Å²) < 4.78 is 0. The second-order valence-corrected chi connectivity index (χ2v) is 7.75. The molecule has 0 amide bonds. The minimum absolute atomic E-state index is 0.690. The fraction of sp³-hybridized carbons (Fsp3) is 0.458. The molecule has 5 heteroatoms. The quantitative estimate of drug-likeness (QED) is 0.535. The Bertz CT molecular complexity index is 734. The van der Waals surface area contributed by atoms with E-state index in [0.29, 0.717) is 6.54 Å². The molecule has 1 saturated heterocycles. The number of likely N-dealkylation sites (N-methyl/N-ethyl adjacent to an activating group) is 1. The molecule has 1 aliphatic rings. The molecule has 2 aromatic rings. The van der Waals surface area contributed by atoms with Gasteiger partial charge in [0.15, 0.2) is 5.96 Å². The van der Waals surface area contributed by atoms with Gasteiger partial charge in [-0.1, -0.05) is 54.6 Å². The van der Waals surface area contributed by atoms with Crippen LogP contribution < -0.4 is 10.6 Å². The van der Waals surface area contributed by atoms with Gasteiger partial charge in [0.1, 0.15) is 0 Å². The first-order valence-electron chi connectivity index (χ1n) is 10.8. The molecule has 0 bridgehead atoms. The maximum Gasteiger partial charge on any atom is 0.191 e. The molecule has 156 valence electrons. The lowest BCUT2D eigenvalue weighted by molar-refractivity contribution is 0.148. The summed E-state index contributed by atoms with van der Waals surface area (Å²) in [5.74, 6) is 0.880. The van der Waals surface area contributed by atoms with Gasteiger partial charge in [0.25, 0.3) is 0 Å². The van der Waals surface area contributed by atoms with Crippen molar-refractivity contribution in [2.75, 3.05) is 46.3 Å². The summed E-state index contributed by atoms with van der Waals surface area (Å²) in [5, 5.41) is 6.77. The highest BCUT2D eigenvalue weighted by Crippen LogP contribution is 2.10. The maximum absolute atomic E-state index is 4.75. The molecular weight excluding hydrogens is 358 g/mol. The molecule has 5 nitrogen and oxygen atoms in total. The summed E-state index contributed by atoms with van der Waals surface area (Å²) in [6, 6.07) is 19.5. The Hall–Kier alpha value is -2.37. The third-order valence-electron chi connectivity index (χ3n) is 5.34. The fourth-order valence-corrected chi connectivity index (χ4v) is 3.50. The minimum atomic E-state index is 0.690. The Morgan fingerprint density at radius 2 is 1.55 bits per heavy atom. The Balaban J connectivity index is 1.46. The summed E-state index contributed by atoms with van der Waals surface area (Å²) in [4.78, 5) is 9.68. The van der Waals surface area contributed by atoms with Crippen LogP contribution in [-0.2, 0) is 19.5 Å². The van der Waals surface area contributed by atoms with Gasteiger partial charge in [-0.2, -0.15) is 0 Å². The molecule has 3 rings (SSSR count). The monoisotopic (exact) mass is 393 g/mol. The summed E-state index contributed by atoms with van der Waals surface area (Å²) in [6.45, 7) is 10.2. The van der Waals surface area contributed by atoms with Crippen molar-refractivity contribution in [2.45, 2.75) is 26.4 Å². The number of aliphatic imine (C=N–C) groups is 1. The van der Waals surface area contributed by atoms with E-state index in [9.17, 15) is 0 Å². The van der Waals surface area contributed by atoms with Crippen molar-refractivity contribution in [3.63, 3.8) is 0 Å². The van der Waals surface area contributed by atoms with Crippen LogP contribution in [0.25, 0.3) is 0 Å². The van der Waals surface area contributed by atoms with Crippen LogP contribution in [0.15, 0.2) is 59.6 Å². The SMILES string of the molecule is CCNC(=NCc1ccc(CN2CCN(C)CC2)cc1)NCCc1ccccc1. The lowest BCUT2D eigenvalue weighted by Crippen LogP contribution is -2.43. The zero-order chi connectivity index (χ0) is 20.3. The third-order valence-corrected chi connectivity index (χ3v) is 5.34. The van der Waals surface area contributed by atoms with E-state index in [2.05, 4.69) is 89.0 Å². The summed E-state index contributed by atoms with van der Waals surface area (Å²) in [7, 11) is 2.20. The van der Waals surface area contributed by atoms with Crippen molar-refractivity contribution < 1.29 is 0 Å². The Morgan fingerprint density at radius 1 is 0.862 bits per heavy atom. The van der Waals surface area contributed by atoms with Crippen molar-refractivity contribution in [3.8, 4) is 0 Å². The van der Waals surface area contributed by atoms with Crippen LogP contribution in [0.2, 0.25) is 0 Å². The van der Waals surface area contributed by atoms with E-state index in [-0.39, 0.29) is 0 Å². The van der Waals surface area contributed by atoms with Gasteiger partial charge in [-0.15, -0.1) is 0 Å². The molecule has 0 spiro atoms. The lowest BCUT2D eigenvalue weighted by Gasteiger charge is -2.32. The molecule has 0 saturated carbocycles. The predicted molar refractivity (Wildman–Crippen MR) is 122 cm³/mol. The fourth-order valence-electron chi connectivity index (χ4n) is 3.50. The number of nitrogens with one attached hydrogen (secondary N) is 2. The number of nitrogens with zero attached hydrogens (tertiary/aromatic N) is 3. The van der Waals surface area contributed by atoms with Crippen LogP contribution in [0.5, 0.6) is 0 Å². The van der Waals surface area contributed by atoms with Crippen LogP contribution in [0, 0.1) is 0 Å².